The second-order valence-corrected chi connectivity index (χ2v) is 4.81. The van der Waals surface area contributed by atoms with Crippen molar-refractivity contribution in [3.63, 3.8) is 0 Å². The molecule has 1 aliphatic rings. The molecule has 0 amide bonds. The summed E-state index contributed by atoms with van der Waals surface area (Å²) in [5, 5.41) is 0. The van der Waals surface area contributed by atoms with E-state index in [-0.39, 0.29) is 17.8 Å². The van der Waals surface area contributed by atoms with Crippen LogP contribution in [0.5, 0.6) is 5.75 Å². The van der Waals surface area contributed by atoms with Gasteiger partial charge in [-0.15, -0.1) is 0 Å². The molecule has 1 aliphatic heterocycles. The lowest BCUT2D eigenvalue weighted by atomic mass is 9.95. The molecule has 0 saturated carbocycles. The van der Waals surface area contributed by atoms with Crippen LogP contribution in [0.3, 0.4) is 0 Å². The van der Waals surface area contributed by atoms with E-state index in [9.17, 15) is 4.79 Å². The van der Waals surface area contributed by atoms with Crippen LogP contribution < -0.4 is 4.74 Å². The monoisotopic (exact) mass is 248 g/mol. The average Bonchev–Trinajstić information content (AvgIpc) is 2.83. The maximum Gasteiger partial charge on any atom is 0.168 e. The van der Waals surface area contributed by atoms with E-state index in [1.807, 2.05) is 31.2 Å². The third kappa shape index (κ3) is 3.10. The number of ketones is 1. The number of rotatable bonds is 5. The van der Waals surface area contributed by atoms with Crippen LogP contribution in [-0.2, 0) is 4.74 Å². The molecule has 1 heterocycles. The van der Waals surface area contributed by atoms with E-state index in [1.165, 1.54) is 0 Å². The van der Waals surface area contributed by atoms with Crippen LogP contribution >= 0.6 is 0 Å². The highest BCUT2D eigenvalue weighted by Crippen LogP contribution is 2.24. The zero-order chi connectivity index (χ0) is 13.0. The summed E-state index contributed by atoms with van der Waals surface area (Å²) in [6.45, 7) is 5.34. The van der Waals surface area contributed by atoms with Crippen molar-refractivity contribution in [3.8, 4) is 5.75 Å². The molecule has 18 heavy (non-hydrogen) atoms. The molecule has 2 atom stereocenters. The van der Waals surface area contributed by atoms with Gasteiger partial charge in [0, 0.05) is 11.5 Å². The molecular weight excluding hydrogens is 228 g/mol. The summed E-state index contributed by atoms with van der Waals surface area (Å²) < 4.78 is 10.9. The minimum atomic E-state index is 0.0161. The zero-order valence-electron chi connectivity index (χ0n) is 11.0. The molecule has 2 rings (SSSR count). The van der Waals surface area contributed by atoms with Crippen molar-refractivity contribution in [2.45, 2.75) is 32.8 Å². The van der Waals surface area contributed by atoms with Crippen LogP contribution in [0.1, 0.15) is 37.0 Å². The largest absolute Gasteiger partial charge is 0.494 e. The van der Waals surface area contributed by atoms with Gasteiger partial charge in [0.1, 0.15) is 5.75 Å². The Hall–Kier alpha value is -1.35. The number of benzene rings is 1. The van der Waals surface area contributed by atoms with Crippen molar-refractivity contribution in [1.29, 1.82) is 0 Å². The normalized spacial score (nSPS) is 23.0. The average molecular weight is 248 g/mol. The summed E-state index contributed by atoms with van der Waals surface area (Å²) in [7, 11) is 0. The van der Waals surface area contributed by atoms with Crippen molar-refractivity contribution in [1.82, 2.24) is 0 Å². The highest BCUT2D eigenvalue weighted by molar-refractivity contribution is 5.98. The molecule has 0 radical (unpaired) electrons. The topological polar surface area (TPSA) is 35.5 Å². The van der Waals surface area contributed by atoms with Crippen LogP contribution in [0.15, 0.2) is 24.3 Å². The fourth-order valence-electron chi connectivity index (χ4n) is 2.17. The van der Waals surface area contributed by atoms with Crippen molar-refractivity contribution < 1.29 is 14.3 Å². The van der Waals surface area contributed by atoms with Gasteiger partial charge in [0.2, 0.25) is 0 Å². The molecule has 1 aromatic rings. The lowest BCUT2D eigenvalue weighted by Gasteiger charge is -2.08. The van der Waals surface area contributed by atoms with Gasteiger partial charge in [-0.2, -0.15) is 0 Å². The lowest BCUT2D eigenvalue weighted by Crippen LogP contribution is -2.14. The lowest BCUT2D eigenvalue weighted by molar-refractivity contribution is 0.0877. The van der Waals surface area contributed by atoms with E-state index in [0.29, 0.717) is 13.2 Å². The standard InChI is InChI=1S/C15H20O3/c1-3-8-17-14-6-4-12(5-7-14)15(16)13-9-11(2)18-10-13/h4-7,11,13H,3,8-10H2,1-2H3. The highest BCUT2D eigenvalue weighted by Gasteiger charge is 2.28. The summed E-state index contributed by atoms with van der Waals surface area (Å²) in [5.74, 6) is 1.02. The van der Waals surface area contributed by atoms with Gasteiger partial charge in [-0.3, -0.25) is 4.79 Å². The van der Waals surface area contributed by atoms with E-state index in [4.69, 9.17) is 9.47 Å². The minimum absolute atomic E-state index is 0.0161. The van der Waals surface area contributed by atoms with Gasteiger partial charge >= 0.3 is 0 Å². The van der Waals surface area contributed by atoms with Gasteiger partial charge < -0.3 is 9.47 Å². The van der Waals surface area contributed by atoms with Crippen LogP contribution in [0, 0.1) is 5.92 Å². The smallest absolute Gasteiger partial charge is 0.168 e. The van der Waals surface area contributed by atoms with Gasteiger partial charge in [-0.25, -0.2) is 0 Å². The number of Topliss-reactive ketones (excluding diaryl/α,β-unsaturated/α-hetero) is 1. The number of ether oxygens (including phenoxy) is 2. The predicted molar refractivity (Wildman–Crippen MR) is 70.1 cm³/mol. The summed E-state index contributed by atoms with van der Waals surface area (Å²) >= 11 is 0. The first-order valence-electron chi connectivity index (χ1n) is 6.59. The molecular formula is C15H20O3. The number of carbonyl (C=O) groups is 1. The van der Waals surface area contributed by atoms with Gasteiger partial charge in [-0.1, -0.05) is 6.92 Å². The van der Waals surface area contributed by atoms with Crippen LogP contribution in [0.25, 0.3) is 0 Å². The molecule has 98 valence electrons. The fourth-order valence-corrected chi connectivity index (χ4v) is 2.17. The number of hydrogen-bond donors (Lipinski definition) is 0. The SMILES string of the molecule is CCCOc1ccc(C(=O)C2COC(C)C2)cc1. The van der Waals surface area contributed by atoms with Crippen LogP contribution in [-0.4, -0.2) is 25.1 Å². The van der Waals surface area contributed by atoms with Gasteiger partial charge in [0.15, 0.2) is 5.78 Å². The molecule has 3 nitrogen and oxygen atoms in total. The van der Waals surface area contributed by atoms with Crippen LogP contribution in [0.4, 0.5) is 0 Å². The fraction of sp³-hybridized carbons (Fsp3) is 0.533. The van der Waals surface area contributed by atoms with Crippen LogP contribution in [0.2, 0.25) is 0 Å². The van der Waals surface area contributed by atoms with Crippen molar-refractivity contribution in [3.05, 3.63) is 29.8 Å². The Morgan fingerprint density at radius 1 is 1.39 bits per heavy atom. The Morgan fingerprint density at radius 2 is 2.11 bits per heavy atom. The summed E-state index contributed by atoms with van der Waals surface area (Å²) in [6, 6.07) is 7.41. The predicted octanol–water partition coefficient (Wildman–Crippen LogP) is 3.08. The summed E-state index contributed by atoms with van der Waals surface area (Å²) in [6.07, 6.45) is 2.01. The third-order valence-corrected chi connectivity index (χ3v) is 3.18. The maximum atomic E-state index is 12.2. The summed E-state index contributed by atoms with van der Waals surface area (Å²) in [4.78, 5) is 12.2. The van der Waals surface area contributed by atoms with E-state index in [1.54, 1.807) is 0 Å². The van der Waals surface area contributed by atoms with Gasteiger partial charge in [-0.05, 0) is 44.0 Å². The summed E-state index contributed by atoms with van der Waals surface area (Å²) in [5.41, 5.74) is 0.751. The molecule has 0 bridgehead atoms. The first-order chi connectivity index (χ1) is 8.70. The Labute approximate surface area is 108 Å². The number of carbonyl (C=O) groups excluding carboxylic acids is 1. The third-order valence-electron chi connectivity index (χ3n) is 3.18. The van der Waals surface area contributed by atoms with Crippen molar-refractivity contribution >= 4 is 5.78 Å². The Morgan fingerprint density at radius 3 is 2.67 bits per heavy atom. The molecule has 0 aromatic heterocycles. The Bertz CT molecular complexity index is 397. The Balaban J connectivity index is 1.98. The molecule has 0 N–H and O–H groups in total. The molecule has 3 heteroatoms. The zero-order valence-corrected chi connectivity index (χ0v) is 11.0. The second-order valence-electron chi connectivity index (χ2n) is 4.81. The molecule has 1 aromatic carbocycles. The van der Waals surface area contributed by atoms with E-state index < -0.39 is 0 Å². The molecule has 0 aliphatic carbocycles. The molecule has 1 saturated heterocycles. The highest BCUT2D eigenvalue weighted by atomic mass is 16.5. The van der Waals surface area contributed by atoms with Gasteiger partial charge in [0.05, 0.1) is 19.3 Å². The van der Waals surface area contributed by atoms with E-state index >= 15 is 0 Å². The van der Waals surface area contributed by atoms with Gasteiger partial charge in [0.25, 0.3) is 0 Å². The number of hydrogen-bond acceptors (Lipinski definition) is 3. The maximum absolute atomic E-state index is 12.2. The van der Waals surface area contributed by atoms with E-state index in [2.05, 4.69) is 6.92 Å². The van der Waals surface area contributed by atoms with Crippen molar-refractivity contribution in [2.75, 3.05) is 13.2 Å². The first-order valence-corrected chi connectivity index (χ1v) is 6.59. The molecule has 0 spiro atoms. The minimum Gasteiger partial charge on any atom is -0.494 e. The first kappa shape index (κ1) is 13.1. The molecule has 2 unspecified atom stereocenters. The Kier molecular flexibility index (Phi) is 4.37. The molecule has 1 fully saturated rings. The quantitative estimate of drug-likeness (QED) is 0.751. The van der Waals surface area contributed by atoms with E-state index in [0.717, 1.165) is 24.2 Å². The van der Waals surface area contributed by atoms with Crippen molar-refractivity contribution in [2.24, 2.45) is 5.92 Å². The second kappa shape index (κ2) is 6.01.